The molecule has 0 atom stereocenters. The molecule has 0 heterocycles. The van der Waals surface area contributed by atoms with Gasteiger partial charge < -0.3 is 10.6 Å². The first kappa shape index (κ1) is 18.1. The van der Waals surface area contributed by atoms with Gasteiger partial charge in [0.2, 0.25) is 0 Å². The van der Waals surface area contributed by atoms with Gasteiger partial charge in [-0.25, -0.2) is 4.99 Å². The van der Waals surface area contributed by atoms with Gasteiger partial charge in [-0.15, -0.1) is 0 Å². The molecule has 0 amide bonds. The van der Waals surface area contributed by atoms with Crippen LogP contribution in [0.4, 0.5) is 11.4 Å². The van der Waals surface area contributed by atoms with Crippen molar-refractivity contribution in [2.75, 3.05) is 10.6 Å². The fraction of sp³-hybridized carbons (Fsp3) is 0.0476. The summed E-state index contributed by atoms with van der Waals surface area (Å²) in [5.41, 5.74) is 3.92. The van der Waals surface area contributed by atoms with Gasteiger partial charge in [0.25, 0.3) is 0 Å². The quantitative estimate of drug-likeness (QED) is 0.337. The fourth-order valence-electron chi connectivity index (χ4n) is 2.32. The third-order valence-corrected chi connectivity index (χ3v) is 4.12. The zero-order valence-electron chi connectivity index (χ0n) is 14.2. The lowest BCUT2D eigenvalue weighted by Gasteiger charge is -2.12. The van der Waals surface area contributed by atoms with E-state index in [1.165, 1.54) is 5.56 Å². The van der Waals surface area contributed by atoms with E-state index in [-0.39, 0.29) is 0 Å². The van der Waals surface area contributed by atoms with Crippen LogP contribution >= 0.6 is 23.8 Å². The summed E-state index contributed by atoms with van der Waals surface area (Å²) in [6.07, 6.45) is 0. The van der Waals surface area contributed by atoms with Crippen molar-refractivity contribution in [3.05, 3.63) is 95.0 Å². The van der Waals surface area contributed by atoms with E-state index in [9.17, 15) is 0 Å². The first-order valence-corrected chi connectivity index (χ1v) is 8.93. The highest BCUT2D eigenvalue weighted by molar-refractivity contribution is 7.80. The fourth-order valence-corrected chi connectivity index (χ4v) is 2.66. The predicted octanol–water partition coefficient (Wildman–Crippen LogP) is 5.90. The van der Waals surface area contributed by atoms with E-state index in [4.69, 9.17) is 23.8 Å². The second kappa shape index (κ2) is 8.61. The van der Waals surface area contributed by atoms with Crippen LogP contribution in [-0.4, -0.2) is 10.9 Å². The van der Waals surface area contributed by atoms with Crippen molar-refractivity contribution in [1.29, 1.82) is 0 Å². The zero-order chi connectivity index (χ0) is 18.4. The number of hydrogen-bond acceptors (Lipinski definition) is 1. The second-order valence-electron chi connectivity index (χ2n) is 5.75. The Morgan fingerprint density at radius 3 is 2.04 bits per heavy atom. The molecular formula is C21H18ClN3S. The van der Waals surface area contributed by atoms with Gasteiger partial charge in [0.05, 0.1) is 0 Å². The van der Waals surface area contributed by atoms with E-state index in [0.29, 0.717) is 16.0 Å². The molecule has 5 heteroatoms. The Labute approximate surface area is 163 Å². The number of benzene rings is 3. The molecular weight excluding hydrogens is 362 g/mol. The first-order chi connectivity index (χ1) is 12.6. The number of halogens is 1. The molecule has 130 valence electrons. The Kier molecular flexibility index (Phi) is 6.00. The number of anilines is 2. The SMILES string of the molecule is Cc1ccc(NC(=S)/N=C(/Nc2ccc(Cl)cc2)c2ccccc2)cc1. The Morgan fingerprint density at radius 2 is 1.38 bits per heavy atom. The molecule has 3 rings (SSSR count). The molecule has 0 aliphatic carbocycles. The minimum absolute atomic E-state index is 0.383. The highest BCUT2D eigenvalue weighted by Gasteiger charge is 2.06. The van der Waals surface area contributed by atoms with Crippen molar-refractivity contribution in [3.63, 3.8) is 0 Å². The largest absolute Gasteiger partial charge is 0.340 e. The average molecular weight is 380 g/mol. The second-order valence-corrected chi connectivity index (χ2v) is 6.58. The summed E-state index contributed by atoms with van der Waals surface area (Å²) in [5.74, 6) is 0.664. The number of rotatable bonds is 3. The molecule has 26 heavy (non-hydrogen) atoms. The van der Waals surface area contributed by atoms with Crippen LogP contribution in [-0.2, 0) is 0 Å². The molecule has 2 N–H and O–H groups in total. The minimum Gasteiger partial charge on any atom is -0.340 e. The topological polar surface area (TPSA) is 36.4 Å². The Balaban J connectivity index is 1.84. The lowest BCUT2D eigenvalue weighted by molar-refractivity contribution is 1.46. The van der Waals surface area contributed by atoms with Gasteiger partial charge in [0.1, 0.15) is 5.84 Å². The van der Waals surface area contributed by atoms with Gasteiger partial charge in [-0.2, -0.15) is 0 Å². The highest BCUT2D eigenvalue weighted by atomic mass is 35.5. The monoisotopic (exact) mass is 379 g/mol. The summed E-state index contributed by atoms with van der Waals surface area (Å²) in [6, 6.07) is 25.3. The molecule has 0 spiro atoms. The molecule has 3 nitrogen and oxygen atoms in total. The van der Waals surface area contributed by atoms with Crippen molar-refractivity contribution < 1.29 is 0 Å². The van der Waals surface area contributed by atoms with Crippen molar-refractivity contribution in [2.45, 2.75) is 6.92 Å². The summed E-state index contributed by atoms with van der Waals surface area (Å²) in [6.45, 7) is 2.05. The van der Waals surface area contributed by atoms with Crippen LogP contribution in [0.15, 0.2) is 83.9 Å². The summed E-state index contributed by atoms with van der Waals surface area (Å²) in [7, 11) is 0. The molecule has 0 radical (unpaired) electrons. The standard InChI is InChI=1S/C21H18ClN3S/c1-15-7-11-19(12-8-15)24-21(26)25-20(16-5-3-2-4-6-16)23-18-13-9-17(22)10-14-18/h2-14H,1H3,(H2,23,24,25,26). The van der Waals surface area contributed by atoms with Crippen molar-refractivity contribution >= 4 is 46.1 Å². The first-order valence-electron chi connectivity index (χ1n) is 8.14. The van der Waals surface area contributed by atoms with Gasteiger partial charge in [-0.1, -0.05) is 59.6 Å². The Bertz CT molecular complexity index is 904. The van der Waals surface area contributed by atoms with Crippen LogP contribution in [0.1, 0.15) is 11.1 Å². The minimum atomic E-state index is 0.383. The van der Waals surface area contributed by atoms with Gasteiger partial charge in [-0.05, 0) is 55.5 Å². The highest BCUT2D eigenvalue weighted by Crippen LogP contribution is 2.15. The van der Waals surface area contributed by atoms with Crippen molar-refractivity contribution in [1.82, 2.24) is 0 Å². The van der Waals surface area contributed by atoms with Crippen LogP contribution < -0.4 is 10.6 Å². The number of aliphatic imine (C=N–C) groups is 1. The number of aryl methyl sites for hydroxylation is 1. The third kappa shape index (κ3) is 5.15. The van der Waals surface area contributed by atoms with E-state index in [1.54, 1.807) is 0 Å². The molecule has 0 aliphatic rings. The third-order valence-electron chi connectivity index (χ3n) is 3.67. The van der Waals surface area contributed by atoms with E-state index >= 15 is 0 Å². The van der Waals surface area contributed by atoms with Gasteiger partial charge in [0, 0.05) is 22.0 Å². The number of nitrogens with one attached hydrogen (secondary N) is 2. The number of hydrogen-bond donors (Lipinski definition) is 2. The molecule has 3 aromatic rings. The molecule has 0 aliphatic heterocycles. The molecule has 0 fully saturated rings. The molecule has 0 bridgehead atoms. The van der Waals surface area contributed by atoms with Crippen molar-refractivity contribution in [2.24, 2.45) is 4.99 Å². The van der Waals surface area contributed by atoms with Crippen molar-refractivity contribution in [3.8, 4) is 0 Å². The summed E-state index contributed by atoms with van der Waals surface area (Å²) in [5, 5.41) is 7.53. The zero-order valence-corrected chi connectivity index (χ0v) is 15.8. The Hall–Kier alpha value is -2.69. The number of amidine groups is 1. The van der Waals surface area contributed by atoms with E-state index < -0.39 is 0 Å². The van der Waals surface area contributed by atoms with E-state index in [1.807, 2.05) is 85.8 Å². The lowest BCUT2D eigenvalue weighted by Crippen LogP contribution is -2.18. The van der Waals surface area contributed by atoms with Gasteiger partial charge in [0.15, 0.2) is 5.11 Å². The van der Waals surface area contributed by atoms with Crippen LogP contribution in [0.2, 0.25) is 5.02 Å². The summed E-state index contributed by atoms with van der Waals surface area (Å²) in [4.78, 5) is 4.58. The molecule has 0 aromatic heterocycles. The van der Waals surface area contributed by atoms with Crippen LogP contribution in [0.25, 0.3) is 0 Å². The average Bonchev–Trinajstić information content (AvgIpc) is 2.65. The maximum absolute atomic E-state index is 5.96. The van der Waals surface area contributed by atoms with Crippen LogP contribution in [0.5, 0.6) is 0 Å². The van der Waals surface area contributed by atoms with E-state index in [2.05, 4.69) is 15.6 Å². The smallest absolute Gasteiger partial charge is 0.199 e. The molecule has 0 unspecified atom stereocenters. The van der Waals surface area contributed by atoms with E-state index in [0.717, 1.165) is 16.9 Å². The number of thiocarbonyl (C=S) groups is 1. The lowest BCUT2D eigenvalue weighted by atomic mass is 10.2. The van der Waals surface area contributed by atoms with Crippen LogP contribution in [0.3, 0.4) is 0 Å². The normalized spacial score (nSPS) is 11.1. The number of nitrogens with zero attached hydrogens (tertiary/aromatic N) is 1. The van der Waals surface area contributed by atoms with Gasteiger partial charge >= 0.3 is 0 Å². The molecule has 3 aromatic carbocycles. The maximum atomic E-state index is 5.96. The van der Waals surface area contributed by atoms with Gasteiger partial charge in [-0.3, -0.25) is 0 Å². The summed E-state index contributed by atoms with van der Waals surface area (Å²) >= 11 is 11.4. The summed E-state index contributed by atoms with van der Waals surface area (Å²) < 4.78 is 0. The Morgan fingerprint density at radius 1 is 0.808 bits per heavy atom. The molecule has 0 saturated carbocycles. The maximum Gasteiger partial charge on any atom is 0.199 e. The molecule has 0 saturated heterocycles. The van der Waals surface area contributed by atoms with Crippen LogP contribution in [0, 0.1) is 6.92 Å². The predicted molar refractivity (Wildman–Crippen MR) is 115 cm³/mol.